The molecular weight excluding hydrogens is 332 g/mol. The normalized spacial score (nSPS) is 11.7. The van der Waals surface area contributed by atoms with Gasteiger partial charge in [0, 0.05) is 5.69 Å². The van der Waals surface area contributed by atoms with Gasteiger partial charge >= 0.3 is 5.97 Å². The molecule has 1 aromatic heterocycles. The van der Waals surface area contributed by atoms with Crippen molar-refractivity contribution in [1.29, 1.82) is 0 Å². The number of H-pyrrole nitrogens is 1. The molecule has 2 N–H and O–H groups in total. The first-order chi connectivity index (χ1) is 12.4. The lowest BCUT2D eigenvalue weighted by atomic mass is 10.0. The van der Waals surface area contributed by atoms with Crippen LogP contribution in [-0.4, -0.2) is 36.0 Å². The summed E-state index contributed by atoms with van der Waals surface area (Å²) in [5.74, 6) is 0.147. The van der Waals surface area contributed by atoms with Crippen molar-refractivity contribution < 1.29 is 19.1 Å². The molecule has 0 amide bonds. The summed E-state index contributed by atoms with van der Waals surface area (Å²) in [5.41, 5.74) is 2.84. The maximum atomic E-state index is 12.9. The van der Waals surface area contributed by atoms with E-state index in [1.165, 1.54) is 0 Å². The molecule has 6 heteroatoms. The van der Waals surface area contributed by atoms with Gasteiger partial charge in [0.05, 0.1) is 36.2 Å². The Labute approximate surface area is 153 Å². The lowest BCUT2D eigenvalue weighted by Crippen LogP contribution is -2.27. The summed E-state index contributed by atoms with van der Waals surface area (Å²) in [6.45, 7) is 9.79. The lowest BCUT2D eigenvalue weighted by molar-refractivity contribution is 0.0525. The third-order valence-corrected chi connectivity index (χ3v) is 4.12. The fourth-order valence-corrected chi connectivity index (χ4v) is 2.89. The topological polar surface area (TPSA) is 80.4 Å². The van der Waals surface area contributed by atoms with Crippen LogP contribution in [0.2, 0.25) is 0 Å². The van der Waals surface area contributed by atoms with Gasteiger partial charge < -0.3 is 19.8 Å². The smallest absolute Gasteiger partial charge is 0.340 e. The molecule has 1 aromatic carbocycles. The van der Waals surface area contributed by atoms with E-state index in [0.29, 0.717) is 41.5 Å². The van der Waals surface area contributed by atoms with Crippen LogP contribution in [0.5, 0.6) is 5.75 Å². The second-order valence-corrected chi connectivity index (χ2v) is 6.00. The molecule has 6 nitrogen and oxygen atoms in total. The molecule has 0 bridgehead atoms. The number of hydrogen-bond acceptors (Lipinski definition) is 5. The number of rotatable bonds is 8. The molecule has 0 saturated heterocycles. The van der Waals surface area contributed by atoms with E-state index in [1.54, 1.807) is 27.7 Å². The summed E-state index contributed by atoms with van der Waals surface area (Å²) >= 11 is 0. The van der Waals surface area contributed by atoms with Gasteiger partial charge in [-0.05, 0) is 52.3 Å². The molecule has 1 heterocycles. The van der Waals surface area contributed by atoms with E-state index in [2.05, 4.69) is 10.3 Å². The number of ether oxygens (including phenoxy) is 2. The third kappa shape index (κ3) is 4.07. The van der Waals surface area contributed by atoms with Crippen molar-refractivity contribution in [2.45, 2.75) is 40.7 Å². The van der Waals surface area contributed by atoms with Crippen molar-refractivity contribution >= 4 is 17.4 Å². The molecule has 140 valence electrons. The van der Waals surface area contributed by atoms with E-state index in [9.17, 15) is 9.59 Å². The van der Waals surface area contributed by atoms with Crippen LogP contribution in [0, 0.1) is 13.8 Å². The molecule has 2 aromatic rings. The highest BCUT2D eigenvalue weighted by Gasteiger charge is 2.26. The second-order valence-electron chi connectivity index (χ2n) is 6.00. The molecule has 0 fully saturated rings. The number of benzene rings is 1. The van der Waals surface area contributed by atoms with Gasteiger partial charge in [0.1, 0.15) is 5.75 Å². The number of anilines is 1. The number of aromatic amines is 1. The number of carbonyl (C=O) groups is 2. The average Bonchev–Trinajstić information content (AvgIpc) is 2.90. The van der Waals surface area contributed by atoms with Crippen molar-refractivity contribution in [2.24, 2.45) is 0 Å². The van der Waals surface area contributed by atoms with Crippen LogP contribution in [0.1, 0.15) is 52.9 Å². The predicted octanol–water partition coefficient (Wildman–Crippen LogP) is 3.89. The molecule has 1 unspecified atom stereocenters. The van der Waals surface area contributed by atoms with Crippen molar-refractivity contribution in [2.75, 3.05) is 18.5 Å². The molecule has 0 aliphatic rings. The summed E-state index contributed by atoms with van der Waals surface area (Å²) < 4.78 is 10.7. The Balaban J connectivity index is 2.24. The molecular formula is C20H26N2O4. The maximum Gasteiger partial charge on any atom is 0.340 e. The van der Waals surface area contributed by atoms with Crippen LogP contribution in [0.15, 0.2) is 24.3 Å². The molecule has 0 aliphatic carbocycles. The van der Waals surface area contributed by atoms with Gasteiger partial charge in [0.25, 0.3) is 0 Å². The maximum absolute atomic E-state index is 12.9. The Morgan fingerprint density at radius 2 is 1.85 bits per heavy atom. The van der Waals surface area contributed by atoms with Crippen LogP contribution >= 0.6 is 0 Å². The van der Waals surface area contributed by atoms with E-state index in [0.717, 1.165) is 5.69 Å². The van der Waals surface area contributed by atoms with Gasteiger partial charge in [-0.2, -0.15) is 0 Å². The van der Waals surface area contributed by atoms with Crippen LogP contribution in [0.25, 0.3) is 0 Å². The summed E-state index contributed by atoms with van der Waals surface area (Å²) in [6, 6.07) is 6.98. The van der Waals surface area contributed by atoms with Crippen molar-refractivity contribution in [3.8, 4) is 5.75 Å². The number of aryl methyl sites for hydroxylation is 1. The Kier molecular flexibility index (Phi) is 6.44. The molecule has 2 rings (SSSR count). The first-order valence-electron chi connectivity index (χ1n) is 8.79. The minimum absolute atomic E-state index is 0.132. The molecule has 0 radical (unpaired) electrons. The van der Waals surface area contributed by atoms with Gasteiger partial charge in [-0.15, -0.1) is 0 Å². The highest BCUT2D eigenvalue weighted by atomic mass is 16.5. The van der Waals surface area contributed by atoms with Gasteiger partial charge in [0.15, 0.2) is 0 Å². The van der Waals surface area contributed by atoms with Gasteiger partial charge in [0.2, 0.25) is 5.78 Å². The van der Waals surface area contributed by atoms with E-state index >= 15 is 0 Å². The number of carbonyl (C=O) groups excluding carboxylic acids is 2. The summed E-state index contributed by atoms with van der Waals surface area (Å²) in [4.78, 5) is 28.0. The largest absolute Gasteiger partial charge is 0.492 e. The molecule has 0 saturated carbocycles. The zero-order valence-electron chi connectivity index (χ0n) is 15.9. The summed E-state index contributed by atoms with van der Waals surface area (Å²) in [5, 5.41) is 3.19. The summed E-state index contributed by atoms with van der Waals surface area (Å²) in [7, 11) is 0. The van der Waals surface area contributed by atoms with Crippen molar-refractivity contribution in [1.82, 2.24) is 4.98 Å². The molecule has 1 atom stereocenters. The second kappa shape index (κ2) is 8.56. The number of para-hydroxylation sites is 2. The quantitative estimate of drug-likeness (QED) is 0.553. The number of esters is 1. The van der Waals surface area contributed by atoms with Crippen molar-refractivity contribution in [3.05, 3.63) is 46.8 Å². The van der Waals surface area contributed by atoms with Crippen LogP contribution < -0.4 is 10.1 Å². The molecule has 0 spiro atoms. The van der Waals surface area contributed by atoms with Gasteiger partial charge in [-0.1, -0.05) is 12.1 Å². The average molecular weight is 358 g/mol. The zero-order valence-corrected chi connectivity index (χ0v) is 15.9. The van der Waals surface area contributed by atoms with E-state index in [-0.39, 0.29) is 5.78 Å². The van der Waals surface area contributed by atoms with E-state index in [4.69, 9.17) is 9.47 Å². The monoisotopic (exact) mass is 358 g/mol. The number of nitrogens with one attached hydrogen (secondary N) is 2. The highest BCUT2D eigenvalue weighted by molar-refractivity contribution is 6.04. The van der Waals surface area contributed by atoms with Crippen LogP contribution in [0.3, 0.4) is 0 Å². The Bertz CT molecular complexity index is 795. The summed E-state index contributed by atoms with van der Waals surface area (Å²) in [6.07, 6.45) is 0. The first kappa shape index (κ1) is 19.6. The van der Waals surface area contributed by atoms with Gasteiger partial charge in [-0.3, -0.25) is 4.79 Å². The minimum Gasteiger partial charge on any atom is -0.492 e. The zero-order chi connectivity index (χ0) is 19.3. The fourth-order valence-electron chi connectivity index (χ4n) is 2.89. The van der Waals surface area contributed by atoms with E-state index < -0.39 is 12.0 Å². The molecule has 26 heavy (non-hydrogen) atoms. The fraction of sp³-hybridized carbons (Fsp3) is 0.400. The first-order valence-corrected chi connectivity index (χ1v) is 8.79. The molecule has 0 aliphatic heterocycles. The third-order valence-electron chi connectivity index (χ3n) is 4.12. The Morgan fingerprint density at radius 3 is 2.50 bits per heavy atom. The van der Waals surface area contributed by atoms with Gasteiger partial charge in [-0.25, -0.2) is 4.79 Å². The standard InChI is InChI=1S/C20H26N2O4/c1-6-25-16-11-9-8-10-15(16)21-14(5)19(23)18-12(3)17(13(4)22-18)20(24)26-7-2/h8-11,14,21-22H,6-7H2,1-5H3. The highest BCUT2D eigenvalue weighted by Crippen LogP contribution is 2.26. The van der Waals surface area contributed by atoms with Crippen LogP contribution in [0.4, 0.5) is 5.69 Å². The number of ketones is 1. The SMILES string of the molecule is CCOC(=O)c1c(C)[nH]c(C(=O)C(C)Nc2ccccc2OCC)c1C. The van der Waals surface area contributed by atoms with Crippen LogP contribution in [-0.2, 0) is 4.74 Å². The van der Waals surface area contributed by atoms with E-state index in [1.807, 2.05) is 31.2 Å². The number of aromatic nitrogens is 1. The lowest BCUT2D eigenvalue weighted by Gasteiger charge is -2.17. The minimum atomic E-state index is -0.497. The van der Waals surface area contributed by atoms with Crippen molar-refractivity contribution in [3.63, 3.8) is 0 Å². The predicted molar refractivity (Wildman–Crippen MR) is 101 cm³/mol. The Hall–Kier alpha value is -2.76. The number of hydrogen-bond donors (Lipinski definition) is 2. The Morgan fingerprint density at radius 1 is 1.15 bits per heavy atom. The number of Topliss-reactive ketones (excluding diaryl/α,β-unsaturated/α-hetero) is 1.